The van der Waals surface area contributed by atoms with E-state index in [0.29, 0.717) is 13.0 Å². The average molecular weight is 173 g/mol. The molecule has 0 aromatic rings. The molecule has 0 aliphatic heterocycles. The van der Waals surface area contributed by atoms with Crippen LogP contribution < -0.4 is 5.32 Å². The highest BCUT2D eigenvalue weighted by Crippen LogP contribution is 2.07. The number of nitrogens with one attached hydrogen (secondary N) is 1. The van der Waals surface area contributed by atoms with Crippen molar-refractivity contribution in [1.29, 1.82) is 0 Å². The lowest BCUT2D eigenvalue weighted by Gasteiger charge is -2.18. The van der Waals surface area contributed by atoms with Crippen molar-refractivity contribution in [2.45, 2.75) is 18.9 Å². The molecular weight excluding hydrogens is 154 g/mol. The first kappa shape index (κ1) is 11.6. The van der Waals surface area contributed by atoms with Crippen LogP contribution in [0.3, 0.4) is 0 Å². The Morgan fingerprint density at radius 1 is 1.58 bits per heavy atom. The zero-order chi connectivity index (χ0) is 9.45. The molecule has 0 bridgehead atoms. The molecule has 0 aliphatic carbocycles. The molecule has 0 amide bonds. The van der Waals surface area contributed by atoms with Crippen LogP contribution in [0.15, 0.2) is 12.7 Å². The molecule has 0 aliphatic rings. The fraction of sp³-hybridized carbons (Fsp3) is 0.778. The lowest BCUT2D eigenvalue weighted by atomic mass is 10.0. The van der Waals surface area contributed by atoms with Gasteiger partial charge in [0.15, 0.2) is 0 Å². The van der Waals surface area contributed by atoms with Gasteiger partial charge in [-0.3, -0.25) is 0 Å². The summed E-state index contributed by atoms with van der Waals surface area (Å²) < 4.78 is 4.86. The van der Waals surface area contributed by atoms with Gasteiger partial charge in [0.2, 0.25) is 0 Å². The number of methoxy groups -OCH3 is 1. The van der Waals surface area contributed by atoms with E-state index in [2.05, 4.69) is 11.9 Å². The van der Waals surface area contributed by atoms with Gasteiger partial charge in [-0.1, -0.05) is 6.08 Å². The fourth-order valence-electron chi connectivity index (χ4n) is 0.743. The molecule has 3 heteroatoms. The van der Waals surface area contributed by atoms with Crippen molar-refractivity contribution in [1.82, 2.24) is 5.32 Å². The summed E-state index contributed by atoms with van der Waals surface area (Å²) in [7, 11) is 1.67. The minimum absolute atomic E-state index is 0.681. The topological polar surface area (TPSA) is 41.5 Å². The van der Waals surface area contributed by atoms with Gasteiger partial charge in [-0.15, -0.1) is 6.58 Å². The van der Waals surface area contributed by atoms with E-state index in [4.69, 9.17) is 4.74 Å². The molecule has 3 nitrogen and oxygen atoms in total. The normalized spacial score (nSPS) is 15.6. The van der Waals surface area contributed by atoms with E-state index >= 15 is 0 Å². The summed E-state index contributed by atoms with van der Waals surface area (Å²) in [4.78, 5) is 0. The van der Waals surface area contributed by atoms with E-state index in [0.717, 1.165) is 13.1 Å². The third-order valence-electron chi connectivity index (χ3n) is 1.73. The van der Waals surface area contributed by atoms with Crippen molar-refractivity contribution in [3.05, 3.63) is 12.7 Å². The fourth-order valence-corrected chi connectivity index (χ4v) is 0.743. The lowest BCUT2D eigenvalue weighted by molar-refractivity contribution is 0.101. The molecule has 72 valence electrons. The minimum atomic E-state index is -0.750. The van der Waals surface area contributed by atoms with E-state index in [-0.39, 0.29) is 0 Å². The summed E-state index contributed by atoms with van der Waals surface area (Å²) in [5.74, 6) is 0. The summed E-state index contributed by atoms with van der Waals surface area (Å²) in [5, 5.41) is 12.6. The largest absolute Gasteiger partial charge is 0.386 e. The van der Waals surface area contributed by atoms with Crippen LogP contribution >= 0.6 is 0 Å². The Morgan fingerprint density at radius 2 is 2.25 bits per heavy atom. The van der Waals surface area contributed by atoms with Gasteiger partial charge >= 0.3 is 0 Å². The van der Waals surface area contributed by atoms with E-state index in [9.17, 15) is 5.11 Å². The molecule has 0 rings (SSSR count). The van der Waals surface area contributed by atoms with Crippen molar-refractivity contribution in [2.24, 2.45) is 0 Å². The number of ether oxygens (including phenoxy) is 1. The van der Waals surface area contributed by atoms with Gasteiger partial charge in [0, 0.05) is 13.7 Å². The van der Waals surface area contributed by atoms with E-state index in [1.807, 2.05) is 0 Å². The van der Waals surface area contributed by atoms with E-state index in [1.54, 1.807) is 20.1 Å². The molecule has 12 heavy (non-hydrogen) atoms. The van der Waals surface area contributed by atoms with Crippen LogP contribution in [0.2, 0.25) is 0 Å². The molecule has 1 unspecified atom stereocenters. The van der Waals surface area contributed by atoms with Crippen molar-refractivity contribution < 1.29 is 9.84 Å². The molecule has 0 saturated heterocycles. The first-order valence-electron chi connectivity index (χ1n) is 4.18. The minimum Gasteiger partial charge on any atom is -0.386 e. The molecule has 0 heterocycles. The number of aliphatic hydroxyl groups is 1. The Bertz CT molecular complexity index is 124. The van der Waals surface area contributed by atoms with E-state index < -0.39 is 5.60 Å². The Morgan fingerprint density at radius 3 is 2.75 bits per heavy atom. The number of hydrogen-bond acceptors (Lipinski definition) is 3. The van der Waals surface area contributed by atoms with Crippen molar-refractivity contribution in [2.75, 3.05) is 26.8 Å². The van der Waals surface area contributed by atoms with Gasteiger partial charge in [-0.25, -0.2) is 0 Å². The highest BCUT2D eigenvalue weighted by molar-refractivity contribution is 4.91. The summed E-state index contributed by atoms with van der Waals surface area (Å²) in [5.41, 5.74) is -0.750. The van der Waals surface area contributed by atoms with Crippen LogP contribution in [0, 0.1) is 0 Å². The first-order valence-corrected chi connectivity index (χ1v) is 4.18. The van der Waals surface area contributed by atoms with Crippen LogP contribution in [-0.2, 0) is 4.74 Å². The lowest BCUT2D eigenvalue weighted by Crippen LogP contribution is -2.29. The molecule has 0 aromatic carbocycles. The smallest absolute Gasteiger partial charge is 0.0809 e. The predicted octanol–water partition coefficient (Wildman–Crippen LogP) is 0.549. The van der Waals surface area contributed by atoms with Gasteiger partial charge in [0.25, 0.3) is 0 Å². The second kappa shape index (κ2) is 6.17. The molecule has 0 fully saturated rings. The van der Waals surface area contributed by atoms with Crippen molar-refractivity contribution in [3.63, 3.8) is 0 Å². The van der Waals surface area contributed by atoms with Crippen LogP contribution in [0.25, 0.3) is 0 Å². The zero-order valence-corrected chi connectivity index (χ0v) is 7.97. The van der Waals surface area contributed by atoms with E-state index in [1.165, 1.54) is 0 Å². The van der Waals surface area contributed by atoms with Crippen LogP contribution in [-0.4, -0.2) is 37.5 Å². The number of hydrogen-bond donors (Lipinski definition) is 2. The van der Waals surface area contributed by atoms with Crippen molar-refractivity contribution >= 4 is 0 Å². The van der Waals surface area contributed by atoms with Crippen LogP contribution in [0.5, 0.6) is 0 Å². The summed E-state index contributed by atoms with van der Waals surface area (Å²) >= 11 is 0. The molecule has 0 spiro atoms. The van der Waals surface area contributed by atoms with Crippen LogP contribution in [0.1, 0.15) is 13.3 Å². The second-order valence-electron chi connectivity index (χ2n) is 3.05. The summed E-state index contributed by atoms with van der Waals surface area (Å²) in [6.07, 6.45) is 2.24. The predicted molar refractivity (Wildman–Crippen MR) is 50.2 cm³/mol. The van der Waals surface area contributed by atoms with Crippen molar-refractivity contribution in [3.8, 4) is 0 Å². The Kier molecular flexibility index (Phi) is 5.98. The maximum Gasteiger partial charge on any atom is 0.0809 e. The monoisotopic (exact) mass is 173 g/mol. The highest BCUT2D eigenvalue weighted by atomic mass is 16.5. The SMILES string of the molecule is C=CC(C)(O)CCNCCOC. The molecule has 1 atom stereocenters. The van der Waals surface area contributed by atoms with Gasteiger partial charge in [-0.05, 0) is 19.9 Å². The third-order valence-corrected chi connectivity index (χ3v) is 1.73. The quantitative estimate of drug-likeness (QED) is 0.436. The highest BCUT2D eigenvalue weighted by Gasteiger charge is 2.13. The van der Waals surface area contributed by atoms with Gasteiger partial charge in [0.1, 0.15) is 0 Å². The van der Waals surface area contributed by atoms with Gasteiger partial charge < -0.3 is 15.2 Å². The molecule has 0 saturated carbocycles. The Hall–Kier alpha value is -0.380. The van der Waals surface area contributed by atoms with Gasteiger partial charge in [-0.2, -0.15) is 0 Å². The zero-order valence-electron chi connectivity index (χ0n) is 7.97. The first-order chi connectivity index (χ1) is 5.62. The second-order valence-corrected chi connectivity index (χ2v) is 3.05. The Balaban J connectivity index is 3.25. The summed E-state index contributed by atoms with van der Waals surface area (Å²) in [6.45, 7) is 7.60. The maximum absolute atomic E-state index is 9.49. The Labute approximate surface area is 74.4 Å². The summed E-state index contributed by atoms with van der Waals surface area (Å²) in [6, 6.07) is 0. The molecule has 0 aromatic heterocycles. The third kappa shape index (κ3) is 6.34. The maximum atomic E-state index is 9.49. The molecule has 0 radical (unpaired) electrons. The van der Waals surface area contributed by atoms with Gasteiger partial charge in [0.05, 0.1) is 12.2 Å². The molecular formula is C9H19NO2. The number of rotatable bonds is 7. The average Bonchev–Trinajstić information content (AvgIpc) is 2.04. The standard InChI is InChI=1S/C9H19NO2/c1-4-9(2,11)5-6-10-7-8-12-3/h4,10-11H,1,5-8H2,2-3H3. The van der Waals surface area contributed by atoms with Crippen LogP contribution in [0.4, 0.5) is 0 Å². The molecule has 2 N–H and O–H groups in total.